The molecule has 0 atom stereocenters. The Labute approximate surface area is 144 Å². The summed E-state index contributed by atoms with van der Waals surface area (Å²) in [5, 5.41) is 3.40. The lowest BCUT2D eigenvalue weighted by molar-refractivity contribution is 0.529. The van der Waals surface area contributed by atoms with Gasteiger partial charge in [-0.25, -0.2) is 15.0 Å². The molecule has 5 nitrogen and oxygen atoms in total. The van der Waals surface area contributed by atoms with Gasteiger partial charge in [0.05, 0.1) is 6.33 Å². The first-order valence-corrected chi connectivity index (χ1v) is 7.67. The van der Waals surface area contributed by atoms with Crippen LogP contribution in [0.25, 0.3) is 11.2 Å². The minimum Gasteiger partial charge on any atom is -0.368 e. The van der Waals surface area contributed by atoms with Gasteiger partial charge in [-0.1, -0.05) is 26.7 Å². The van der Waals surface area contributed by atoms with Gasteiger partial charge in [-0.15, -0.1) is 24.8 Å². The largest absolute Gasteiger partial charge is 0.368 e. The van der Waals surface area contributed by atoms with Crippen LogP contribution in [0.15, 0.2) is 12.7 Å². The van der Waals surface area contributed by atoms with E-state index in [0.29, 0.717) is 12.0 Å². The molecule has 2 aromatic heterocycles. The van der Waals surface area contributed by atoms with Crippen molar-refractivity contribution in [3.05, 3.63) is 12.7 Å². The number of aromatic nitrogens is 4. The summed E-state index contributed by atoms with van der Waals surface area (Å²) in [5.74, 6) is 1.56. The zero-order valence-corrected chi connectivity index (χ0v) is 14.8. The Morgan fingerprint density at radius 1 is 1.18 bits per heavy atom. The van der Waals surface area contributed by atoms with Crippen LogP contribution >= 0.6 is 24.8 Å². The summed E-state index contributed by atoms with van der Waals surface area (Å²) in [4.78, 5) is 13.3. The Kier molecular flexibility index (Phi) is 7.36. The number of anilines is 1. The summed E-state index contributed by atoms with van der Waals surface area (Å²) in [5.41, 5.74) is 1.88. The third-order valence-corrected chi connectivity index (χ3v) is 4.09. The van der Waals surface area contributed by atoms with E-state index >= 15 is 0 Å². The van der Waals surface area contributed by atoms with Gasteiger partial charge >= 0.3 is 0 Å². The van der Waals surface area contributed by atoms with E-state index < -0.39 is 0 Å². The number of nitrogens with zero attached hydrogens (tertiary/aromatic N) is 4. The van der Waals surface area contributed by atoms with Gasteiger partial charge in [0, 0.05) is 12.6 Å². The molecule has 1 aliphatic carbocycles. The van der Waals surface area contributed by atoms with E-state index in [1.54, 1.807) is 6.33 Å². The van der Waals surface area contributed by atoms with Crippen LogP contribution in [0.4, 0.5) is 5.82 Å². The predicted octanol–water partition coefficient (Wildman–Crippen LogP) is 4.24. The molecule has 0 saturated heterocycles. The molecule has 2 heterocycles. The number of fused-ring (bicyclic) bond motifs is 1. The van der Waals surface area contributed by atoms with Crippen LogP contribution in [0.3, 0.4) is 0 Å². The van der Waals surface area contributed by atoms with Gasteiger partial charge in [0.1, 0.15) is 11.8 Å². The van der Waals surface area contributed by atoms with Crippen LogP contribution in [0.5, 0.6) is 0 Å². The van der Waals surface area contributed by atoms with Crippen LogP contribution in [0, 0.1) is 5.92 Å². The molecule has 22 heavy (non-hydrogen) atoms. The molecular formula is C15H25Cl2N5. The second-order valence-electron chi connectivity index (χ2n) is 6.09. The van der Waals surface area contributed by atoms with E-state index in [2.05, 4.69) is 38.7 Å². The fourth-order valence-electron chi connectivity index (χ4n) is 2.91. The van der Waals surface area contributed by atoms with E-state index in [4.69, 9.17) is 0 Å². The molecule has 124 valence electrons. The summed E-state index contributed by atoms with van der Waals surface area (Å²) in [6.45, 7) is 5.39. The molecule has 0 radical (unpaired) electrons. The van der Waals surface area contributed by atoms with Gasteiger partial charge < -0.3 is 9.88 Å². The molecule has 3 rings (SSSR count). The fraction of sp³-hybridized carbons (Fsp3) is 0.667. The quantitative estimate of drug-likeness (QED) is 0.880. The highest BCUT2D eigenvalue weighted by Gasteiger charge is 2.20. The Hall–Kier alpha value is -1.07. The van der Waals surface area contributed by atoms with Gasteiger partial charge in [0.2, 0.25) is 0 Å². The standard InChI is InChI=1S/C15H23N5.2ClH/c1-11(2)7-8-16-14-13-15(18-9-17-14)20(10-19-13)12-5-3-4-6-12;;/h9-12H,3-8H2,1-2H3,(H,16,17,18);2*1H. The molecule has 1 fully saturated rings. The van der Waals surface area contributed by atoms with Crippen molar-refractivity contribution in [2.45, 2.75) is 52.0 Å². The summed E-state index contributed by atoms with van der Waals surface area (Å²) >= 11 is 0. The lowest BCUT2D eigenvalue weighted by atomic mass is 10.1. The van der Waals surface area contributed by atoms with Crippen molar-refractivity contribution in [2.75, 3.05) is 11.9 Å². The van der Waals surface area contributed by atoms with Crippen LogP contribution in [0.2, 0.25) is 0 Å². The van der Waals surface area contributed by atoms with Crippen LogP contribution in [0.1, 0.15) is 52.0 Å². The van der Waals surface area contributed by atoms with Crippen molar-refractivity contribution >= 4 is 41.8 Å². The van der Waals surface area contributed by atoms with Crippen molar-refractivity contribution < 1.29 is 0 Å². The first kappa shape index (κ1) is 19.0. The van der Waals surface area contributed by atoms with Gasteiger partial charge in [-0.3, -0.25) is 0 Å². The molecule has 0 unspecified atom stereocenters. The number of hydrogen-bond donors (Lipinski definition) is 1. The predicted molar refractivity (Wildman–Crippen MR) is 95.3 cm³/mol. The third kappa shape index (κ3) is 4.02. The third-order valence-electron chi connectivity index (χ3n) is 4.09. The van der Waals surface area contributed by atoms with Gasteiger partial charge in [0.25, 0.3) is 0 Å². The maximum Gasteiger partial charge on any atom is 0.165 e. The zero-order chi connectivity index (χ0) is 13.9. The molecule has 0 spiro atoms. The molecule has 1 N–H and O–H groups in total. The minimum atomic E-state index is 0. The second-order valence-corrected chi connectivity index (χ2v) is 6.09. The highest BCUT2D eigenvalue weighted by molar-refractivity contribution is 5.85. The number of hydrogen-bond acceptors (Lipinski definition) is 4. The van der Waals surface area contributed by atoms with Crippen LogP contribution in [-0.4, -0.2) is 26.1 Å². The van der Waals surface area contributed by atoms with Gasteiger partial charge in [0.15, 0.2) is 11.5 Å². The van der Waals surface area contributed by atoms with E-state index in [1.807, 2.05) is 6.33 Å². The van der Waals surface area contributed by atoms with Crippen molar-refractivity contribution in [3.8, 4) is 0 Å². The van der Waals surface area contributed by atoms with E-state index in [0.717, 1.165) is 29.9 Å². The maximum absolute atomic E-state index is 4.54. The van der Waals surface area contributed by atoms with Crippen molar-refractivity contribution in [2.24, 2.45) is 5.92 Å². The number of rotatable bonds is 5. The first-order chi connectivity index (χ1) is 9.75. The summed E-state index contributed by atoms with van der Waals surface area (Å²) in [6, 6.07) is 0.568. The highest BCUT2D eigenvalue weighted by atomic mass is 35.5. The maximum atomic E-state index is 4.54. The Balaban J connectivity index is 0.00000121. The average Bonchev–Trinajstić information content (AvgIpc) is 3.07. The normalized spacial score (nSPS) is 14.9. The van der Waals surface area contributed by atoms with E-state index in [1.165, 1.54) is 25.7 Å². The molecule has 0 aliphatic heterocycles. The summed E-state index contributed by atoms with van der Waals surface area (Å²) in [6.07, 6.45) is 9.83. The monoisotopic (exact) mass is 345 g/mol. The zero-order valence-electron chi connectivity index (χ0n) is 13.2. The summed E-state index contributed by atoms with van der Waals surface area (Å²) in [7, 11) is 0. The molecule has 7 heteroatoms. The first-order valence-electron chi connectivity index (χ1n) is 7.67. The summed E-state index contributed by atoms with van der Waals surface area (Å²) < 4.78 is 2.23. The highest BCUT2D eigenvalue weighted by Crippen LogP contribution is 2.32. The fourth-order valence-corrected chi connectivity index (χ4v) is 2.91. The average molecular weight is 346 g/mol. The lowest BCUT2D eigenvalue weighted by Crippen LogP contribution is -2.08. The van der Waals surface area contributed by atoms with Gasteiger partial charge in [-0.2, -0.15) is 0 Å². The van der Waals surface area contributed by atoms with Crippen molar-refractivity contribution in [1.29, 1.82) is 0 Å². The van der Waals surface area contributed by atoms with Crippen molar-refractivity contribution in [3.63, 3.8) is 0 Å². The van der Waals surface area contributed by atoms with Crippen LogP contribution < -0.4 is 5.32 Å². The van der Waals surface area contributed by atoms with E-state index in [-0.39, 0.29) is 24.8 Å². The Bertz CT molecular complexity index is 578. The number of nitrogens with one attached hydrogen (secondary N) is 1. The lowest BCUT2D eigenvalue weighted by Gasteiger charge is -2.12. The SMILES string of the molecule is CC(C)CCNc1ncnc2c1ncn2C1CCCC1.Cl.Cl. The topological polar surface area (TPSA) is 55.6 Å². The molecule has 0 aromatic carbocycles. The molecule has 1 saturated carbocycles. The molecule has 2 aromatic rings. The molecule has 1 aliphatic rings. The number of imidazole rings is 1. The Morgan fingerprint density at radius 2 is 1.91 bits per heavy atom. The number of halogens is 2. The van der Waals surface area contributed by atoms with Crippen molar-refractivity contribution in [1.82, 2.24) is 19.5 Å². The Morgan fingerprint density at radius 3 is 2.59 bits per heavy atom. The van der Waals surface area contributed by atoms with E-state index in [9.17, 15) is 0 Å². The minimum absolute atomic E-state index is 0. The van der Waals surface area contributed by atoms with Gasteiger partial charge in [-0.05, 0) is 25.2 Å². The molecular weight excluding hydrogens is 321 g/mol. The molecule has 0 bridgehead atoms. The molecule has 0 amide bonds. The second kappa shape index (κ2) is 8.53. The van der Waals surface area contributed by atoms with Crippen LogP contribution in [-0.2, 0) is 0 Å². The smallest absolute Gasteiger partial charge is 0.165 e.